The Morgan fingerprint density at radius 3 is 2.53 bits per heavy atom. The highest BCUT2D eigenvalue weighted by atomic mass is 16.2. The summed E-state index contributed by atoms with van der Waals surface area (Å²) in [5.41, 5.74) is 5.56. The van der Waals surface area contributed by atoms with Gasteiger partial charge in [0.25, 0.3) is 0 Å². The van der Waals surface area contributed by atoms with Crippen LogP contribution in [0.4, 0.5) is 0 Å². The maximum atomic E-state index is 11.7. The topological polar surface area (TPSA) is 61.6 Å². The largest absolute Gasteiger partial charge is 0.353 e. The molecule has 0 atom stereocenters. The quantitative estimate of drug-likeness (QED) is 0.681. The molecule has 1 fully saturated rings. The normalized spacial score (nSPS) is 19.3. The third-order valence-corrected chi connectivity index (χ3v) is 2.94. The number of amides is 1. The average molecular weight is 242 g/mol. The van der Waals surface area contributed by atoms with Crippen molar-refractivity contribution >= 4 is 5.91 Å². The van der Waals surface area contributed by atoms with E-state index in [1.54, 1.807) is 0 Å². The maximum absolute atomic E-state index is 11.7. The average Bonchev–Trinajstić information content (AvgIpc) is 2.43. The summed E-state index contributed by atoms with van der Waals surface area (Å²) in [7, 11) is 0. The highest BCUT2D eigenvalue weighted by Crippen LogP contribution is 2.02. The van der Waals surface area contributed by atoms with Crippen LogP contribution in [0.2, 0.25) is 0 Å². The van der Waals surface area contributed by atoms with E-state index < -0.39 is 0 Å². The number of hydrogen-bond donors (Lipinski definition) is 2. The minimum atomic E-state index is 0.132. The molecule has 0 aromatic heterocycles. The molecular formula is C12H26N4O. The number of rotatable bonds is 5. The van der Waals surface area contributed by atoms with Crippen molar-refractivity contribution in [1.29, 1.82) is 0 Å². The fourth-order valence-corrected chi connectivity index (χ4v) is 2.16. The van der Waals surface area contributed by atoms with Gasteiger partial charge in [-0.2, -0.15) is 0 Å². The van der Waals surface area contributed by atoms with Crippen molar-refractivity contribution in [2.45, 2.75) is 26.3 Å². The Balaban J connectivity index is 2.28. The van der Waals surface area contributed by atoms with Crippen molar-refractivity contribution in [3.63, 3.8) is 0 Å². The van der Waals surface area contributed by atoms with E-state index in [9.17, 15) is 4.79 Å². The molecule has 0 unspecified atom stereocenters. The van der Waals surface area contributed by atoms with Crippen LogP contribution in [0.1, 0.15) is 20.3 Å². The molecule has 5 heteroatoms. The Bertz CT molecular complexity index is 233. The van der Waals surface area contributed by atoms with E-state index >= 15 is 0 Å². The summed E-state index contributed by atoms with van der Waals surface area (Å²) in [5, 5.41) is 2.93. The first-order valence-electron chi connectivity index (χ1n) is 6.56. The zero-order chi connectivity index (χ0) is 12.7. The zero-order valence-electron chi connectivity index (χ0n) is 11.1. The second-order valence-electron chi connectivity index (χ2n) is 4.98. The lowest BCUT2D eigenvalue weighted by Crippen LogP contribution is -2.41. The third kappa shape index (κ3) is 6.00. The fourth-order valence-electron chi connectivity index (χ4n) is 2.16. The van der Waals surface area contributed by atoms with Crippen LogP contribution in [-0.2, 0) is 4.79 Å². The molecule has 0 aromatic carbocycles. The predicted octanol–water partition coefficient (Wildman–Crippen LogP) is -0.523. The van der Waals surface area contributed by atoms with Gasteiger partial charge in [-0.3, -0.25) is 9.69 Å². The summed E-state index contributed by atoms with van der Waals surface area (Å²) in [4.78, 5) is 16.3. The second kappa shape index (κ2) is 7.63. The maximum Gasteiger partial charge on any atom is 0.234 e. The van der Waals surface area contributed by atoms with Gasteiger partial charge in [0.05, 0.1) is 6.54 Å². The van der Waals surface area contributed by atoms with E-state index in [4.69, 9.17) is 5.73 Å². The van der Waals surface area contributed by atoms with Crippen LogP contribution in [0, 0.1) is 0 Å². The molecule has 1 saturated heterocycles. The number of nitrogens with two attached hydrogens (primary N) is 1. The minimum Gasteiger partial charge on any atom is -0.353 e. The van der Waals surface area contributed by atoms with Crippen molar-refractivity contribution in [3.8, 4) is 0 Å². The summed E-state index contributed by atoms with van der Waals surface area (Å²) in [6.45, 7) is 10.3. The summed E-state index contributed by atoms with van der Waals surface area (Å²) >= 11 is 0. The Kier molecular flexibility index (Phi) is 6.47. The van der Waals surface area contributed by atoms with Crippen molar-refractivity contribution in [2.24, 2.45) is 5.73 Å². The van der Waals surface area contributed by atoms with Crippen molar-refractivity contribution < 1.29 is 4.79 Å². The molecule has 17 heavy (non-hydrogen) atoms. The zero-order valence-corrected chi connectivity index (χ0v) is 11.1. The van der Waals surface area contributed by atoms with Gasteiger partial charge in [0, 0.05) is 32.2 Å². The smallest absolute Gasteiger partial charge is 0.234 e. The van der Waals surface area contributed by atoms with Gasteiger partial charge in [-0.1, -0.05) is 0 Å². The van der Waals surface area contributed by atoms with Gasteiger partial charge in [-0.15, -0.1) is 0 Å². The Labute approximate surface area is 104 Å². The van der Waals surface area contributed by atoms with Crippen LogP contribution in [0.15, 0.2) is 0 Å². The molecule has 0 aliphatic carbocycles. The lowest BCUT2D eigenvalue weighted by atomic mass is 10.3. The molecule has 1 heterocycles. The third-order valence-electron chi connectivity index (χ3n) is 2.94. The molecule has 1 rings (SSSR count). The van der Waals surface area contributed by atoms with Gasteiger partial charge >= 0.3 is 0 Å². The van der Waals surface area contributed by atoms with E-state index in [1.165, 1.54) is 0 Å². The van der Waals surface area contributed by atoms with Crippen LogP contribution in [0.25, 0.3) is 0 Å². The van der Waals surface area contributed by atoms with Crippen LogP contribution < -0.4 is 11.1 Å². The molecule has 0 spiro atoms. The fraction of sp³-hybridized carbons (Fsp3) is 0.917. The first-order valence-corrected chi connectivity index (χ1v) is 6.56. The van der Waals surface area contributed by atoms with Crippen LogP contribution >= 0.6 is 0 Å². The van der Waals surface area contributed by atoms with Gasteiger partial charge in [-0.05, 0) is 33.4 Å². The molecule has 0 aromatic rings. The SMILES string of the molecule is CC(C)NC(=O)CN1CCCN(CCN)CC1. The molecular weight excluding hydrogens is 216 g/mol. The molecule has 0 bridgehead atoms. The monoisotopic (exact) mass is 242 g/mol. The van der Waals surface area contributed by atoms with Crippen LogP contribution in [0.3, 0.4) is 0 Å². The van der Waals surface area contributed by atoms with Crippen molar-refractivity contribution in [1.82, 2.24) is 15.1 Å². The number of nitrogens with one attached hydrogen (secondary N) is 1. The van der Waals surface area contributed by atoms with E-state index in [0.717, 1.165) is 39.1 Å². The molecule has 0 saturated carbocycles. The van der Waals surface area contributed by atoms with Gasteiger partial charge in [-0.25, -0.2) is 0 Å². The minimum absolute atomic E-state index is 0.132. The molecule has 5 nitrogen and oxygen atoms in total. The highest BCUT2D eigenvalue weighted by Gasteiger charge is 2.16. The number of carbonyl (C=O) groups excluding carboxylic acids is 1. The molecule has 100 valence electrons. The summed E-state index contributed by atoms with van der Waals surface area (Å²) < 4.78 is 0. The predicted molar refractivity (Wildman–Crippen MR) is 69.8 cm³/mol. The summed E-state index contributed by atoms with van der Waals surface area (Å²) in [6, 6.07) is 0.225. The van der Waals surface area contributed by atoms with E-state index in [-0.39, 0.29) is 11.9 Å². The first kappa shape index (κ1) is 14.4. The number of nitrogens with zero attached hydrogens (tertiary/aromatic N) is 2. The van der Waals surface area contributed by atoms with Gasteiger partial charge < -0.3 is 16.0 Å². The highest BCUT2D eigenvalue weighted by molar-refractivity contribution is 5.78. The first-order chi connectivity index (χ1) is 8.11. The standard InChI is InChI=1S/C12H26N4O/c1-11(2)14-12(17)10-16-6-3-5-15(7-4-13)8-9-16/h11H,3-10,13H2,1-2H3,(H,14,17). The van der Waals surface area contributed by atoms with E-state index in [2.05, 4.69) is 15.1 Å². The van der Waals surface area contributed by atoms with Crippen molar-refractivity contribution in [3.05, 3.63) is 0 Å². The lowest BCUT2D eigenvalue weighted by molar-refractivity contribution is -0.122. The van der Waals surface area contributed by atoms with Crippen LogP contribution in [0.5, 0.6) is 0 Å². The molecule has 1 amide bonds. The molecule has 3 N–H and O–H groups in total. The van der Waals surface area contributed by atoms with Crippen molar-refractivity contribution in [2.75, 3.05) is 45.8 Å². The Morgan fingerprint density at radius 1 is 1.24 bits per heavy atom. The Hall–Kier alpha value is -0.650. The molecule has 1 aliphatic heterocycles. The van der Waals surface area contributed by atoms with Crippen LogP contribution in [-0.4, -0.2) is 67.6 Å². The van der Waals surface area contributed by atoms with E-state index in [0.29, 0.717) is 13.1 Å². The second-order valence-corrected chi connectivity index (χ2v) is 4.98. The molecule has 0 radical (unpaired) electrons. The van der Waals surface area contributed by atoms with Gasteiger partial charge in [0.2, 0.25) is 5.91 Å². The van der Waals surface area contributed by atoms with E-state index in [1.807, 2.05) is 13.8 Å². The number of hydrogen-bond acceptors (Lipinski definition) is 4. The van der Waals surface area contributed by atoms with Gasteiger partial charge in [0.15, 0.2) is 0 Å². The summed E-state index contributed by atoms with van der Waals surface area (Å²) in [5.74, 6) is 0.132. The van der Waals surface area contributed by atoms with Gasteiger partial charge in [0.1, 0.15) is 0 Å². The molecule has 1 aliphatic rings. The summed E-state index contributed by atoms with van der Waals surface area (Å²) in [6.07, 6.45) is 1.12. The number of carbonyl (C=O) groups is 1. The lowest BCUT2D eigenvalue weighted by Gasteiger charge is -2.21. The Morgan fingerprint density at radius 2 is 1.88 bits per heavy atom.